The van der Waals surface area contributed by atoms with Gasteiger partial charge in [-0.25, -0.2) is 13.4 Å². The van der Waals surface area contributed by atoms with Gasteiger partial charge in [0.15, 0.2) is 5.13 Å². The summed E-state index contributed by atoms with van der Waals surface area (Å²) in [5.74, 6) is 0. The van der Waals surface area contributed by atoms with Gasteiger partial charge in [0.05, 0.1) is 10.6 Å². The van der Waals surface area contributed by atoms with Crippen LogP contribution in [0.1, 0.15) is 33.4 Å². The van der Waals surface area contributed by atoms with E-state index in [9.17, 15) is 8.42 Å². The van der Waals surface area contributed by atoms with Gasteiger partial charge in [-0.2, -0.15) is 4.31 Å². The van der Waals surface area contributed by atoms with Gasteiger partial charge >= 0.3 is 0 Å². The summed E-state index contributed by atoms with van der Waals surface area (Å²) in [6, 6.07) is 8.48. The molecule has 0 radical (unpaired) electrons. The number of anilines is 1. The summed E-state index contributed by atoms with van der Waals surface area (Å²) in [5, 5.41) is 3.04. The van der Waals surface area contributed by atoms with Gasteiger partial charge in [-0.05, 0) is 81.0 Å². The average Bonchev–Trinajstić information content (AvgIpc) is 3.25. The van der Waals surface area contributed by atoms with Crippen LogP contribution in [-0.2, 0) is 10.0 Å². The SMILES string of the molecule is Cc1ccc(-c2csc(N3CCN(S(=O)(=O)c4c(C)c(C)cc(C)c4C)CC3)n2)cc1C. The third kappa shape index (κ3) is 4.09. The van der Waals surface area contributed by atoms with Gasteiger partial charge in [0.25, 0.3) is 0 Å². The average molecular weight is 470 g/mol. The smallest absolute Gasteiger partial charge is 0.243 e. The molecule has 2 heterocycles. The van der Waals surface area contributed by atoms with Gasteiger partial charge in [-0.1, -0.05) is 18.2 Å². The van der Waals surface area contributed by atoms with Crippen LogP contribution in [0.2, 0.25) is 0 Å². The van der Waals surface area contributed by atoms with Crippen LogP contribution in [0, 0.1) is 41.5 Å². The summed E-state index contributed by atoms with van der Waals surface area (Å²) in [7, 11) is -3.53. The molecule has 0 N–H and O–H groups in total. The summed E-state index contributed by atoms with van der Waals surface area (Å²) < 4.78 is 28.7. The van der Waals surface area contributed by atoms with Gasteiger partial charge in [0.1, 0.15) is 0 Å². The molecule has 0 spiro atoms. The van der Waals surface area contributed by atoms with Crippen LogP contribution < -0.4 is 4.90 Å². The number of piperazine rings is 1. The Hall–Kier alpha value is -2.22. The van der Waals surface area contributed by atoms with Crippen molar-refractivity contribution in [2.45, 2.75) is 46.4 Å². The van der Waals surface area contributed by atoms with E-state index in [1.165, 1.54) is 11.1 Å². The summed E-state index contributed by atoms with van der Waals surface area (Å²) in [6.07, 6.45) is 0. The van der Waals surface area contributed by atoms with Crippen molar-refractivity contribution in [1.82, 2.24) is 9.29 Å². The molecule has 1 aliphatic heterocycles. The van der Waals surface area contributed by atoms with E-state index in [4.69, 9.17) is 4.98 Å². The maximum absolute atomic E-state index is 13.5. The minimum Gasteiger partial charge on any atom is -0.345 e. The highest BCUT2D eigenvalue weighted by Gasteiger charge is 2.32. The highest BCUT2D eigenvalue weighted by atomic mass is 32.2. The molecular weight excluding hydrogens is 438 g/mol. The molecule has 0 bridgehead atoms. The fourth-order valence-corrected chi connectivity index (χ4v) is 7.15. The van der Waals surface area contributed by atoms with Gasteiger partial charge in [0, 0.05) is 37.1 Å². The van der Waals surface area contributed by atoms with Crippen molar-refractivity contribution in [3.05, 3.63) is 63.0 Å². The van der Waals surface area contributed by atoms with Crippen LogP contribution in [-0.4, -0.2) is 43.9 Å². The Morgan fingerprint density at radius 3 is 2.03 bits per heavy atom. The van der Waals surface area contributed by atoms with Crippen LogP contribution >= 0.6 is 11.3 Å². The minimum atomic E-state index is -3.53. The van der Waals surface area contributed by atoms with E-state index >= 15 is 0 Å². The molecule has 1 aliphatic rings. The molecule has 3 aromatic rings. The quantitative estimate of drug-likeness (QED) is 0.529. The van der Waals surface area contributed by atoms with E-state index in [0.717, 1.165) is 38.6 Å². The van der Waals surface area contributed by atoms with Crippen LogP contribution in [0.4, 0.5) is 5.13 Å². The topological polar surface area (TPSA) is 53.5 Å². The van der Waals surface area contributed by atoms with E-state index < -0.39 is 10.0 Å². The Labute approximate surface area is 195 Å². The predicted octanol–water partition coefficient (Wildman–Crippen LogP) is 5.17. The first-order valence-electron chi connectivity index (χ1n) is 10.9. The lowest BCUT2D eigenvalue weighted by atomic mass is 10.0. The van der Waals surface area contributed by atoms with Gasteiger partial charge in [-0.15, -0.1) is 11.3 Å². The number of rotatable bonds is 4. The van der Waals surface area contributed by atoms with Gasteiger partial charge < -0.3 is 4.90 Å². The maximum Gasteiger partial charge on any atom is 0.243 e. The first-order chi connectivity index (χ1) is 15.1. The second-order valence-corrected chi connectivity index (χ2v) is 11.5. The lowest BCUT2D eigenvalue weighted by Crippen LogP contribution is -2.49. The van der Waals surface area contributed by atoms with Crippen LogP contribution in [0.25, 0.3) is 11.3 Å². The Balaban J connectivity index is 1.52. The largest absolute Gasteiger partial charge is 0.345 e. The van der Waals surface area contributed by atoms with Gasteiger partial charge in [0.2, 0.25) is 10.0 Å². The molecule has 5 nitrogen and oxygen atoms in total. The van der Waals surface area contributed by atoms with E-state index in [0.29, 0.717) is 31.1 Å². The zero-order valence-corrected chi connectivity index (χ0v) is 21.3. The lowest BCUT2D eigenvalue weighted by Gasteiger charge is -2.34. The van der Waals surface area contributed by atoms with Crippen molar-refractivity contribution >= 4 is 26.5 Å². The molecular formula is C25H31N3O2S2. The molecule has 0 amide bonds. The van der Waals surface area contributed by atoms with E-state index in [1.807, 2.05) is 27.7 Å². The van der Waals surface area contributed by atoms with Crippen molar-refractivity contribution in [2.75, 3.05) is 31.1 Å². The minimum absolute atomic E-state index is 0.465. The maximum atomic E-state index is 13.5. The highest BCUT2D eigenvalue weighted by Crippen LogP contribution is 2.32. The normalized spacial score (nSPS) is 15.4. The molecule has 0 aliphatic carbocycles. The molecule has 1 aromatic heterocycles. The third-order valence-electron chi connectivity index (χ3n) is 6.70. The number of thiazole rings is 1. The monoisotopic (exact) mass is 469 g/mol. The Morgan fingerprint density at radius 1 is 0.812 bits per heavy atom. The summed E-state index contributed by atoms with van der Waals surface area (Å²) in [6.45, 7) is 14.2. The highest BCUT2D eigenvalue weighted by molar-refractivity contribution is 7.89. The predicted molar refractivity (Wildman–Crippen MR) is 133 cm³/mol. The van der Waals surface area contributed by atoms with Crippen molar-refractivity contribution in [2.24, 2.45) is 0 Å². The second kappa shape index (κ2) is 8.61. The number of hydrogen-bond donors (Lipinski definition) is 0. The molecule has 1 saturated heterocycles. The Morgan fingerprint density at radius 2 is 1.44 bits per heavy atom. The van der Waals surface area contributed by atoms with Crippen molar-refractivity contribution in [3.63, 3.8) is 0 Å². The number of hydrogen-bond acceptors (Lipinski definition) is 5. The van der Waals surface area contributed by atoms with E-state index in [1.54, 1.807) is 15.6 Å². The first-order valence-corrected chi connectivity index (χ1v) is 13.3. The zero-order chi connectivity index (χ0) is 23.2. The molecule has 7 heteroatoms. The fourth-order valence-electron chi connectivity index (χ4n) is 4.26. The van der Waals surface area contributed by atoms with Crippen LogP contribution in [0.15, 0.2) is 34.5 Å². The second-order valence-electron chi connectivity index (χ2n) is 8.79. The first kappa shape index (κ1) is 23.0. The third-order valence-corrected chi connectivity index (χ3v) is 9.77. The number of nitrogens with zero attached hydrogens (tertiary/aromatic N) is 3. The molecule has 0 unspecified atom stereocenters. The summed E-state index contributed by atoms with van der Waals surface area (Å²) in [4.78, 5) is 7.53. The lowest BCUT2D eigenvalue weighted by molar-refractivity contribution is 0.384. The Bertz CT molecular complexity index is 1240. The number of aryl methyl sites for hydroxylation is 4. The standard InChI is InChI=1S/C25H31N3O2S2/c1-16-7-8-22(14-17(16)2)23-15-31-25(26-23)27-9-11-28(12-10-27)32(29,30)24-20(5)18(3)13-19(4)21(24)6/h7-8,13-15H,9-12H2,1-6H3. The molecule has 2 aromatic carbocycles. The van der Waals surface area contributed by atoms with E-state index in [2.05, 4.69) is 48.4 Å². The van der Waals surface area contributed by atoms with Gasteiger partial charge in [-0.3, -0.25) is 0 Å². The number of benzene rings is 2. The molecule has 32 heavy (non-hydrogen) atoms. The Kier molecular flexibility index (Phi) is 6.18. The molecule has 1 fully saturated rings. The molecule has 0 saturated carbocycles. The number of aromatic nitrogens is 1. The number of sulfonamides is 1. The zero-order valence-electron chi connectivity index (χ0n) is 19.7. The fraction of sp³-hybridized carbons (Fsp3) is 0.400. The molecule has 170 valence electrons. The summed E-state index contributed by atoms with van der Waals surface area (Å²) >= 11 is 1.62. The molecule has 0 atom stereocenters. The van der Waals surface area contributed by atoms with Crippen molar-refractivity contribution < 1.29 is 8.42 Å². The molecule has 4 rings (SSSR count). The summed E-state index contributed by atoms with van der Waals surface area (Å²) in [5.41, 5.74) is 8.38. The van der Waals surface area contributed by atoms with E-state index in [-0.39, 0.29) is 0 Å². The van der Waals surface area contributed by atoms with Crippen molar-refractivity contribution in [3.8, 4) is 11.3 Å². The van der Waals surface area contributed by atoms with Crippen LogP contribution in [0.3, 0.4) is 0 Å². The van der Waals surface area contributed by atoms with Crippen molar-refractivity contribution in [1.29, 1.82) is 0 Å². The van der Waals surface area contributed by atoms with Crippen LogP contribution in [0.5, 0.6) is 0 Å².